The highest BCUT2D eigenvalue weighted by molar-refractivity contribution is 7.80. The van der Waals surface area contributed by atoms with Gasteiger partial charge in [-0.05, 0) is 57.7 Å². The SMILES string of the molecule is COC/C(=C\c1ccccc1)c1ccccc1-c1ccccc1P(c1ccccc1)c1ccccc1. The van der Waals surface area contributed by atoms with Crippen LogP contribution in [-0.2, 0) is 4.74 Å². The molecule has 5 rings (SSSR count). The van der Waals surface area contributed by atoms with Crippen molar-refractivity contribution in [2.75, 3.05) is 13.7 Å². The van der Waals surface area contributed by atoms with E-state index in [0.717, 1.165) is 5.57 Å². The molecular formula is C34H29OP. The second kappa shape index (κ2) is 11.8. The number of rotatable bonds is 8. The molecule has 36 heavy (non-hydrogen) atoms. The Balaban J connectivity index is 1.70. The lowest BCUT2D eigenvalue weighted by molar-refractivity contribution is 0.240. The minimum Gasteiger partial charge on any atom is -0.380 e. The molecule has 0 spiro atoms. The molecule has 1 nitrogen and oxygen atoms in total. The molecule has 5 aromatic carbocycles. The highest BCUT2D eigenvalue weighted by Crippen LogP contribution is 2.39. The van der Waals surface area contributed by atoms with E-state index in [9.17, 15) is 0 Å². The maximum Gasteiger partial charge on any atom is 0.0719 e. The van der Waals surface area contributed by atoms with Gasteiger partial charge in [0, 0.05) is 7.11 Å². The van der Waals surface area contributed by atoms with Crippen molar-refractivity contribution in [3.8, 4) is 11.1 Å². The van der Waals surface area contributed by atoms with E-state index < -0.39 is 7.92 Å². The van der Waals surface area contributed by atoms with E-state index in [1.807, 2.05) is 6.07 Å². The van der Waals surface area contributed by atoms with Crippen LogP contribution in [0, 0.1) is 0 Å². The van der Waals surface area contributed by atoms with E-state index in [1.165, 1.54) is 38.2 Å². The molecule has 0 aliphatic rings. The van der Waals surface area contributed by atoms with Crippen molar-refractivity contribution in [2.45, 2.75) is 0 Å². The Bertz CT molecular complexity index is 1390. The standard InChI is InChI=1S/C34H29OP/c1-35-26-28(25-27-15-5-2-6-16-27)31-21-11-12-22-32(31)33-23-13-14-24-34(33)36(29-17-7-3-8-18-29)30-19-9-4-10-20-30/h2-25H,26H2,1H3/b28-25+. The highest BCUT2D eigenvalue weighted by Gasteiger charge is 2.21. The fourth-order valence-corrected chi connectivity index (χ4v) is 7.04. The maximum atomic E-state index is 5.67. The monoisotopic (exact) mass is 484 g/mol. The summed E-state index contributed by atoms with van der Waals surface area (Å²) < 4.78 is 5.67. The van der Waals surface area contributed by atoms with Crippen molar-refractivity contribution >= 4 is 35.5 Å². The zero-order valence-corrected chi connectivity index (χ0v) is 21.3. The summed E-state index contributed by atoms with van der Waals surface area (Å²) >= 11 is 0. The fourth-order valence-electron chi connectivity index (χ4n) is 4.58. The molecule has 0 saturated carbocycles. The molecular weight excluding hydrogens is 455 g/mol. The van der Waals surface area contributed by atoms with Crippen molar-refractivity contribution in [2.24, 2.45) is 0 Å². The molecule has 2 heteroatoms. The van der Waals surface area contributed by atoms with Crippen molar-refractivity contribution in [1.82, 2.24) is 0 Å². The van der Waals surface area contributed by atoms with Crippen LogP contribution in [0.5, 0.6) is 0 Å². The first kappa shape index (κ1) is 23.9. The van der Waals surface area contributed by atoms with Crippen LogP contribution in [0.3, 0.4) is 0 Å². The molecule has 0 amide bonds. The van der Waals surface area contributed by atoms with Crippen LogP contribution < -0.4 is 15.9 Å². The van der Waals surface area contributed by atoms with Crippen LogP contribution in [0.15, 0.2) is 140 Å². The summed E-state index contributed by atoms with van der Waals surface area (Å²) in [6, 6.07) is 49.8. The topological polar surface area (TPSA) is 9.23 Å². The van der Waals surface area contributed by atoms with E-state index >= 15 is 0 Å². The highest BCUT2D eigenvalue weighted by atomic mass is 31.1. The van der Waals surface area contributed by atoms with Gasteiger partial charge in [-0.2, -0.15) is 0 Å². The molecule has 5 aromatic rings. The molecule has 0 aliphatic carbocycles. The average molecular weight is 485 g/mol. The van der Waals surface area contributed by atoms with Gasteiger partial charge in [0.1, 0.15) is 0 Å². The summed E-state index contributed by atoms with van der Waals surface area (Å²) in [5.41, 5.74) is 6.03. The lowest BCUT2D eigenvalue weighted by Crippen LogP contribution is -2.22. The van der Waals surface area contributed by atoms with Crippen LogP contribution in [0.2, 0.25) is 0 Å². The number of methoxy groups -OCH3 is 1. The third-order valence-electron chi connectivity index (χ3n) is 6.18. The number of hydrogen-bond acceptors (Lipinski definition) is 1. The van der Waals surface area contributed by atoms with E-state index in [2.05, 4.69) is 140 Å². The van der Waals surface area contributed by atoms with Crippen molar-refractivity contribution in [3.63, 3.8) is 0 Å². The minimum absolute atomic E-state index is 0.542. The van der Waals surface area contributed by atoms with E-state index in [-0.39, 0.29) is 0 Å². The second-order valence-electron chi connectivity index (χ2n) is 8.58. The van der Waals surface area contributed by atoms with Gasteiger partial charge in [0.15, 0.2) is 0 Å². The Morgan fingerprint density at radius 3 is 1.69 bits per heavy atom. The van der Waals surface area contributed by atoms with Crippen molar-refractivity contribution in [3.05, 3.63) is 151 Å². The fraction of sp³-hybridized carbons (Fsp3) is 0.0588. The molecule has 0 aromatic heterocycles. The molecule has 0 radical (unpaired) electrons. The maximum absolute atomic E-state index is 5.67. The summed E-state index contributed by atoms with van der Waals surface area (Å²) in [5.74, 6) is 0. The third kappa shape index (κ3) is 5.39. The second-order valence-corrected chi connectivity index (χ2v) is 10.8. The van der Waals surface area contributed by atoms with Crippen molar-refractivity contribution in [1.29, 1.82) is 0 Å². The quantitative estimate of drug-likeness (QED) is 0.166. The Hall–Kier alpha value is -3.77. The number of ether oxygens (including phenoxy) is 1. The van der Waals surface area contributed by atoms with Crippen LogP contribution >= 0.6 is 7.92 Å². The van der Waals surface area contributed by atoms with E-state index in [1.54, 1.807) is 7.11 Å². The van der Waals surface area contributed by atoms with Crippen molar-refractivity contribution < 1.29 is 4.74 Å². The molecule has 0 N–H and O–H groups in total. The van der Waals surface area contributed by atoms with E-state index in [4.69, 9.17) is 4.74 Å². The largest absolute Gasteiger partial charge is 0.380 e. The summed E-state index contributed by atoms with van der Waals surface area (Å²) in [7, 11) is 1.03. The van der Waals surface area contributed by atoms with Gasteiger partial charge in [-0.15, -0.1) is 0 Å². The van der Waals surface area contributed by atoms with Gasteiger partial charge >= 0.3 is 0 Å². The summed E-state index contributed by atoms with van der Waals surface area (Å²) in [6.07, 6.45) is 2.24. The van der Waals surface area contributed by atoms with Gasteiger partial charge in [-0.25, -0.2) is 0 Å². The summed E-state index contributed by atoms with van der Waals surface area (Å²) in [5, 5.41) is 4.05. The first-order valence-electron chi connectivity index (χ1n) is 12.2. The molecule has 0 fully saturated rings. The average Bonchev–Trinajstić information content (AvgIpc) is 2.95. The van der Waals surface area contributed by atoms with E-state index in [0.29, 0.717) is 6.61 Å². The predicted molar refractivity (Wildman–Crippen MR) is 157 cm³/mol. The Morgan fingerprint density at radius 2 is 1.08 bits per heavy atom. The van der Waals surface area contributed by atoms with Gasteiger partial charge < -0.3 is 4.74 Å². The zero-order chi connectivity index (χ0) is 24.6. The normalized spacial score (nSPS) is 11.6. The number of hydrogen-bond donors (Lipinski definition) is 0. The predicted octanol–water partition coefficient (Wildman–Crippen LogP) is 7.30. The molecule has 0 bridgehead atoms. The van der Waals surface area contributed by atoms with Crippen LogP contribution in [0.1, 0.15) is 11.1 Å². The first-order chi connectivity index (χ1) is 17.8. The van der Waals surface area contributed by atoms with Crippen LogP contribution in [0.25, 0.3) is 22.8 Å². The molecule has 0 aliphatic heterocycles. The number of benzene rings is 5. The molecule has 176 valence electrons. The van der Waals surface area contributed by atoms with Gasteiger partial charge in [0.05, 0.1) is 6.61 Å². The van der Waals surface area contributed by atoms with Gasteiger partial charge in [-0.1, -0.05) is 140 Å². The van der Waals surface area contributed by atoms with Gasteiger partial charge in [0.25, 0.3) is 0 Å². The Morgan fingerprint density at radius 1 is 0.583 bits per heavy atom. The smallest absolute Gasteiger partial charge is 0.0719 e. The Labute approximate surface area is 215 Å². The molecule has 0 unspecified atom stereocenters. The van der Waals surface area contributed by atoms with Crippen LogP contribution in [0.4, 0.5) is 0 Å². The first-order valence-corrected chi connectivity index (χ1v) is 13.5. The molecule has 0 atom stereocenters. The summed E-state index contributed by atoms with van der Waals surface area (Å²) in [6.45, 7) is 0.542. The minimum atomic E-state index is -0.729. The van der Waals surface area contributed by atoms with Gasteiger partial charge in [0.2, 0.25) is 0 Å². The lowest BCUT2D eigenvalue weighted by atomic mass is 9.93. The van der Waals surface area contributed by atoms with Gasteiger partial charge in [-0.3, -0.25) is 0 Å². The third-order valence-corrected chi connectivity index (χ3v) is 8.68. The summed E-state index contributed by atoms with van der Waals surface area (Å²) in [4.78, 5) is 0. The molecule has 0 heterocycles. The zero-order valence-electron chi connectivity index (χ0n) is 20.4. The molecule has 0 saturated heterocycles. The lowest BCUT2D eigenvalue weighted by Gasteiger charge is -2.24. The Kier molecular flexibility index (Phi) is 7.83. The van der Waals surface area contributed by atoms with Crippen LogP contribution in [-0.4, -0.2) is 13.7 Å².